The van der Waals surface area contributed by atoms with E-state index in [-0.39, 0.29) is 4.90 Å². The average molecular weight is 579 g/mol. The van der Waals surface area contributed by atoms with Crippen LogP contribution in [0, 0.1) is 6.92 Å². The number of aryl methyl sites for hydroxylation is 1. The van der Waals surface area contributed by atoms with Crippen LogP contribution in [0.3, 0.4) is 0 Å². The Balaban J connectivity index is 1.52. The molecule has 2 heterocycles. The van der Waals surface area contributed by atoms with Crippen molar-refractivity contribution in [1.82, 2.24) is 14.2 Å². The first-order chi connectivity index (χ1) is 20.4. The minimum absolute atomic E-state index is 0.173. The van der Waals surface area contributed by atoms with E-state index >= 15 is 0 Å². The average Bonchev–Trinajstić information content (AvgIpc) is 3.68. The molecule has 0 bridgehead atoms. The summed E-state index contributed by atoms with van der Waals surface area (Å²) >= 11 is 0. The number of benzene rings is 4. The van der Waals surface area contributed by atoms with E-state index in [2.05, 4.69) is 0 Å². The van der Waals surface area contributed by atoms with E-state index in [1.54, 1.807) is 49.2 Å². The summed E-state index contributed by atoms with van der Waals surface area (Å²) in [6.45, 7) is 1.92. The van der Waals surface area contributed by atoms with Crippen LogP contribution in [-0.4, -0.2) is 42.5 Å². The summed E-state index contributed by atoms with van der Waals surface area (Å²) in [6.07, 6.45) is 2.24. The van der Waals surface area contributed by atoms with Crippen molar-refractivity contribution < 1.29 is 17.9 Å². The topological polar surface area (TPSA) is 86.0 Å². The van der Waals surface area contributed by atoms with Crippen LogP contribution < -0.4 is 9.47 Å². The number of methoxy groups -OCH3 is 2. The molecule has 8 nitrogen and oxygen atoms in total. The summed E-state index contributed by atoms with van der Waals surface area (Å²) in [6, 6.07) is 31.2. The van der Waals surface area contributed by atoms with Crippen LogP contribution in [0.25, 0.3) is 16.9 Å². The number of ether oxygens (including phenoxy) is 2. The van der Waals surface area contributed by atoms with Gasteiger partial charge in [0.25, 0.3) is 10.0 Å². The zero-order valence-corrected chi connectivity index (χ0v) is 24.3. The van der Waals surface area contributed by atoms with E-state index in [1.165, 1.54) is 4.41 Å². The lowest BCUT2D eigenvalue weighted by molar-refractivity contribution is 0.355. The molecule has 1 aliphatic rings. The predicted octanol–water partition coefficient (Wildman–Crippen LogP) is 6.40. The van der Waals surface area contributed by atoms with Crippen LogP contribution in [0.5, 0.6) is 11.5 Å². The number of hydrogen-bond acceptors (Lipinski definition) is 6. The highest BCUT2D eigenvalue weighted by Gasteiger charge is 2.40. The molecule has 9 heteroatoms. The van der Waals surface area contributed by atoms with E-state index in [0.717, 1.165) is 27.9 Å². The van der Waals surface area contributed by atoms with Gasteiger partial charge in [0.1, 0.15) is 0 Å². The lowest BCUT2D eigenvalue weighted by Crippen LogP contribution is -2.27. The highest BCUT2D eigenvalue weighted by atomic mass is 32.2. The standard InChI is InChI=1S/C33H30N4O4S/c1-23-14-17-27(18-15-23)42(38,39)37-30(21-29(34-37)25-16-19-31(40-2)32(20-25)41-3)28-22-36(26-12-8-5-9-13-26)35-33(28)24-10-6-4-7-11-24/h4-20,22,30H,21H2,1-3H3/t30-/m1/s1. The molecule has 0 aliphatic carbocycles. The van der Waals surface area contributed by atoms with Crippen molar-refractivity contribution >= 4 is 15.7 Å². The Morgan fingerprint density at radius 3 is 2.12 bits per heavy atom. The molecule has 0 saturated heterocycles. The number of aromatic nitrogens is 2. The second-order valence-electron chi connectivity index (χ2n) is 10.0. The third kappa shape index (κ3) is 5.03. The lowest BCUT2D eigenvalue weighted by Gasteiger charge is -2.23. The quantitative estimate of drug-likeness (QED) is 0.213. The maximum atomic E-state index is 14.2. The van der Waals surface area contributed by atoms with Gasteiger partial charge < -0.3 is 9.47 Å². The molecule has 42 heavy (non-hydrogen) atoms. The van der Waals surface area contributed by atoms with Gasteiger partial charge in [0.2, 0.25) is 0 Å². The summed E-state index contributed by atoms with van der Waals surface area (Å²) in [5, 5.41) is 9.71. The van der Waals surface area contributed by atoms with E-state index < -0.39 is 16.1 Å². The van der Waals surface area contributed by atoms with Crippen molar-refractivity contribution in [2.75, 3.05) is 14.2 Å². The molecule has 0 N–H and O–H groups in total. The highest BCUT2D eigenvalue weighted by molar-refractivity contribution is 7.89. The Labute approximate surface area is 245 Å². The molecule has 212 valence electrons. The molecule has 6 rings (SSSR count). The first-order valence-corrected chi connectivity index (χ1v) is 14.9. The molecule has 0 spiro atoms. The molecule has 0 saturated carbocycles. The minimum Gasteiger partial charge on any atom is -0.493 e. The fourth-order valence-electron chi connectivity index (χ4n) is 5.11. The third-order valence-corrected chi connectivity index (χ3v) is 9.02. The summed E-state index contributed by atoms with van der Waals surface area (Å²) in [4.78, 5) is 0.173. The molecule has 4 aromatic carbocycles. The van der Waals surface area contributed by atoms with Crippen molar-refractivity contribution in [2.45, 2.75) is 24.3 Å². The van der Waals surface area contributed by atoms with Gasteiger partial charge in [-0.25, -0.2) is 4.68 Å². The van der Waals surface area contributed by atoms with Crippen LogP contribution in [0.4, 0.5) is 0 Å². The molecule has 1 aromatic heterocycles. The van der Waals surface area contributed by atoms with Crippen LogP contribution in [0.15, 0.2) is 119 Å². The number of hydrazone groups is 1. The SMILES string of the molecule is COc1ccc(C2=NN(S(=O)(=O)c3ccc(C)cc3)[C@@H](c3cn(-c4ccccc4)nc3-c3ccccc3)C2)cc1OC. The van der Waals surface area contributed by atoms with Gasteiger partial charge in [-0.1, -0.05) is 66.2 Å². The normalized spacial score (nSPS) is 15.0. The number of para-hydroxylation sites is 1. The van der Waals surface area contributed by atoms with E-state index in [0.29, 0.717) is 29.3 Å². The maximum Gasteiger partial charge on any atom is 0.279 e. The molecule has 0 radical (unpaired) electrons. The molecule has 5 aromatic rings. The van der Waals surface area contributed by atoms with Crippen molar-refractivity contribution in [3.63, 3.8) is 0 Å². The Kier molecular flexibility index (Phi) is 7.26. The maximum absolute atomic E-state index is 14.2. The summed E-state index contributed by atoms with van der Waals surface area (Å²) < 4.78 is 42.4. The molecular formula is C33H30N4O4S. The Hall–Kier alpha value is -4.89. The van der Waals surface area contributed by atoms with Gasteiger partial charge >= 0.3 is 0 Å². The Bertz CT molecular complexity index is 1850. The molecular weight excluding hydrogens is 548 g/mol. The summed E-state index contributed by atoms with van der Waals surface area (Å²) in [5.74, 6) is 1.12. The number of nitrogens with zero attached hydrogens (tertiary/aromatic N) is 4. The first-order valence-electron chi connectivity index (χ1n) is 13.5. The van der Waals surface area contributed by atoms with Crippen molar-refractivity contribution in [3.8, 4) is 28.4 Å². The second kappa shape index (κ2) is 11.2. The fraction of sp³-hybridized carbons (Fsp3) is 0.152. The minimum atomic E-state index is -4.02. The largest absolute Gasteiger partial charge is 0.493 e. The van der Waals surface area contributed by atoms with E-state index in [9.17, 15) is 8.42 Å². The van der Waals surface area contributed by atoms with E-state index in [1.807, 2.05) is 85.9 Å². The van der Waals surface area contributed by atoms with Crippen LogP contribution in [-0.2, 0) is 10.0 Å². The van der Waals surface area contributed by atoms with Crippen LogP contribution in [0.2, 0.25) is 0 Å². The molecule has 1 atom stereocenters. The monoisotopic (exact) mass is 578 g/mol. The van der Waals surface area contributed by atoms with Crippen molar-refractivity contribution in [1.29, 1.82) is 0 Å². The van der Waals surface area contributed by atoms with Gasteiger partial charge in [0, 0.05) is 29.3 Å². The van der Waals surface area contributed by atoms with Gasteiger partial charge in [-0.3, -0.25) is 0 Å². The summed E-state index contributed by atoms with van der Waals surface area (Å²) in [5.41, 5.74) is 5.52. The van der Waals surface area contributed by atoms with Crippen molar-refractivity contribution in [2.24, 2.45) is 5.10 Å². The fourth-order valence-corrected chi connectivity index (χ4v) is 6.54. The molecule has 0 unspecified atom stereocenters. The Morgan fingerprint density at radius 1 is 0.786 bits per heavy atom. The van der Waals surface area contributed by atoms with Crippen LogP contribution in [0.1, 0.15) is 29.2 Å². The molecule has 1 aliphatic heterocycles. The number of sulfonamides is 1. The van der Waals surface area contributed by atoms with Gasteiger partial charge in [-0.2, -0.15) is 23.0 Å². The van der Waals surface area contributed by atoms with E-state index in [4.69, 9.17) is 19.7 Å². The number of rotatable bonds is 8. The zero-order valence-electron chi connectivity index (χ0n) is 23.5. The third-order valence-electron chi connectivity index (χ3n) is 7.32. The predicted molar refractivity (Wildman–Crippen MR) is 163 cm³/mol. The van der Waals surface area contributed by atoms with Gasteiger partial charge in [0.05, 0.1) is 42.2 Å². The van der Waals surface area contributed by atoms with Gasteiger partial charge in [-0.15, -0.1) is 0 Å². The molecule has 0 fully saturated rings. The lowest BCUT2D eigenvalue weighted by atomic mass is 9.97. The van der Waals surface area contributed by atoms with Crippen molar-refractivity contribution in [3.05, 3.63) is 126 Å². The second-order valence-corrected chi connectivity index (χ2v) is 11.8. The Morgan fingerprint density at radius 2 is 1.45 bits per heavy atom. The summed E-state index contributed by atoms with van der Waals surface area (Å²) in [7, 11) is -0.880. The number of hydrogen-bond donors (Lipinski definition) is 0. The highest BCUT2D eigenvalue weighted by Crippen LogP contribution is 2.42. The van der Waals surface area contributed by atoms with Gasteiger partial charge in [-0.05, 0) is 49.4 Å². The smallest absolute Gasteiger partial charge is 0.279 e. The molecule has 0 amide bonds. The van der Waals surface area contributed by atoms with Gasteiger partial charge in [0.15, 0.2) is 11.5 Å². The first kappa shape index (κ1) is 27.3. The van der Waals surface area contributed by atoms with Crippen LogP contribution >= 0.6 is 0 Å². The zero-order chi connectivity index (χ0) is 29.3.